The number of hydrogen-bond donors (Lipinski definition) is 3. The second-order valence-corrected chi connectivity index (χ2v) is 7.73. The molecule has 0 aromatic heterocycles. The van der Waals surface area contributed by atoms with E-state index in [1.165, 1.54) is 4.90 Å². The molecular formula is C16H30NO4+. The third-order valence-electron chi connectivity index (χ3n) is 5.98. The normalized spacial score (nSPS) is 50.6. The molecule has 3 N–H and O–H groups in total. The molecule has 3 aliphatic rings. The molecule has 2 saturated heterocycles. The number of likely N-dealkylation sites (N-methyl/N-ethyl adjacent to an activating group) is 1. The first-order chi connectivity index (χ1) is 9.84. The van der Waals surface area contributed by atoms with Crippen molar-refractivity contribution in [1.82, 2.24) is 0 Å². The third-order valence-corrected chi connectivity index (χ3v) is 5.98. The van der Waals surface area contributed by atoms with Crippen molar-refractivity contribution < 1.29 is 24.6 Å². The minimum atomic E-state index is -0.834. The number of fused-ring (bicyclic) bond motifs is 2. The maximum atomic E-state index is 10.5. The Morgan fingerprint density at radius 2 is 1.95 bits per heavy atom. The summed E-state index contributed by atoms with van der Waals surface area (Å²) in [5.41, 5.74) is -0.834. The molecule has 0 bridgehead atoms. The zero-order valence-electron chi connectivity index (χ0n) is 13.6. The van der Waals surface area contributed by atoms with Crippen molar-refractivity contribution in [2.75, 3.05) is 14.2 Å². The molecule has 2 aliphatic heterocycles. The molecule has 0 aromatic carbocycles. The average molecular weight is 300 g/mol. The summed E-state index contributed by atoms with van der Waals surface area (Å²) in [4.78, 5) is 1.26. The maximum Gasteiger partial charge on any atom is 0.197 e. The minimum Gasteiger partial charge on any atom is -0.388 e. The van der Waals surface area contributed by atoms with Crippen LogP contribution in [0.4, 0.5) is 0 Å². The van der Waals surface area contributed by atoms with Gasteiger partial charge in [-0.1, -0.05) is 6.42 Å². The van der Waals surface area contributed by atoms with Gasteiger partial charge in [-0.3, -0.25) is 0 Å². The van der Waals surface area contributed by atoms with Crippen molar-refractivity contribution in [1.29, 1.82) is 0 Å². The summed E-state index contributed by atoms with van der Waals surface area (Å²) in [7, 11) is 3.90. The van der Waals surface area contributed by atoms with Gasteiger partial charge in [0.25, 0.3) is 0 Å². The fraction of sp³-hybridized carbons (Fsp3) is 1.00. The van der Waals surface area contributed by atoms with Crippen LogP contribution in [-0.2, 0) is 9.47 Å². The molecule has 0 radical (unpaired) electrons. The van der Waals surface area contributed by atoms with Crippen molar-refractivity contribution in [2.45, 2.75) is 75.7 Å². The van der Waals surface area contributed by atoms with Gasteiger partial charge in [0, 0.05) is 13.0 Å². The predicted molar refractivity (Wildman–Crippen MR) is 77.9 cm³/mol. The lowest BCUT2D eigenvalue weighted by molar-refractivity contribution is -0.971. The van der Waals surface area contributed by atoms with Gasteiger partial charge in [0.2, 0.25) is 0 Å². The highest BCUT2D eigenvalue weighted by Crippen LogP contribution is 2.42. The van der Waals surface area contributed by atoms with Crippen molar-refractivity contribution in [2.24, 2.45) is 11.8 Å². The second-order valence-electron chi connectivity index (χ2n) is 7.73. The molecule has 21 heavy (non-hydrogen) atoms. The molecule has 3 rings (SSSR count). The number of methoxy groups -OCH3 is 1. The smallest absolute Gasteiger partial charge is 0.197 e. The highest BCUT2D eigenvalue weighted by molar-refractivity contribution is 4.99. The topological polar surface area (TPSA) is 63.4 Å². The SMILES string of the molecule is COC1C2CC(C(C)(C)O)OC2[NH+](C)C2C(O)CCCC12. The quantitative estimate of drug-likeness (QED) is 0.647. The summed E-state index contributed by atoms with van der Waals surface area (Å²) >= 11 is 0. The van der Waals surface area contributed by atoms with Gasteiger partial charge in [-0.15, -0.1) is 0 Å². The summed E-state index contributed by atoms with van der Waals surface area (Å²) in [6.07, 6.45) is 3.62. The molecule has 1 aliphatic carbocycles. The molecule has 1 saturated carbocycles. The number of likely N-dealkylation sites (tertiary alicyclic amines) is 1. The largest absolute Gasteiger partial charge is 0.388 e. The average Bonchev–Trinajstić information content (AvgIpc) is 2.84. The third kappa shape index (κ3) is 2.53. The van der Waals surface area contributed by atoms with Crippen LogP contribution in [0.15, 0.2) is 0 Å². The van der Waals surface area contributed by atoms with Crippen LogP contribution in [-0.4, -0.2) is 60.6 Å². The number of hydrogen-bond acceptors (Lipinski definition) is 4. The van der Waals surface area contributed by atoms with Crippen LogP contribution in [0.25, 0.3) is 0 Å². The van der Waals surface area contributed by atoms with Crippen LogP contribution in [0.1, 0.15) is 39.5 Å². The van der Waals surface area contributed by atoms with Crippen molar-refractivity contribution >= 4 is 0 Å². The maximum absolute atomic E-state index is 10.5. The Bertz CT molecular complexity index is 383. The Kier molecular flexibility index (Phi) is 4.08. The van der Waals surface area contributed by atoms with Crippen molar-refractivity contribution in [3.8, 4) is 0 Å². The monoisotopic (exact) mass is 300 g/mol. The Balaban J connectivity index is 1.88. The number of quaternary nitrogens is 1. The molecule has 8 unspecified atom stereocenters. The number of aliphatic hydroxyl groups excluding tert-OH is 1. The van der Waals surface area contributed by atoms with Crippen LogP contribution in [0.5, 0.6) is 0 Å². The van der Waals surface area contributed by atoms with E-state index in [0.29, 0.717) is 11.8 Å². The molecule has 0 amide bonds. The van der Waals surface area contributed by atoms with E-state index in [2.05, 4.69) is 7.05 Å². The van der Waals surface area contributed by atoms with Crippen molar-refractivity contribution in [3.05, 3.63) is 0 Å². The minimum absolute atomic E-state index is 0.0142. The van der Waals surface area contributed by atoms with E-state index in [-0.39, 0.29) is 30.6 Å². The second kappa shape index (κ2) is 5.46. The molecule has 8 atom stereocenters. The standard InChI is InChI=1S/C16H29NO4/c1-16(2,19)12-8-10-14(20-4)9-6-5-7-11(18)13(9)17(3)15(10)21-12/h9-15,18-19H,5-8H2,1-4H3/p+1. The molecule has 122 valence electrons. The molecule has 0 spiro atoms. The number of ether oxygens (including phenoxy) is 2. The first-order valence-electron chi connectivity index (χ1n) is 8.26. The van der Waals surface area contributed by atoms with Gasteiger partial charge >= 0.3 is 0 Å². The summed E-state index contributed by atoms with van der Waals surface area (Å²) in [6, 6.07) is 0.186. The van der Waals surface area contributed by atoms with E-state index in [0.717, 1.165) is 25.7 Å². The summed E-state index contributed by atoms with van der Waals surface area (Å²) in [5, 5.41) is 20.7. The molecule has 0 aromatic rings. The van der Waals surface area contributed by atoms with E-state index < -0.39 is 5.60 Å². The van der Waals surface area contributed by atoms with Gasteiger partial charge in [0.05, 0.1) is 30.8 Å². The highest BCUT2D eigenvalue weighted by atomic mass is 16.5. The lowest BCUT2D eigenvalue weighted by Gasteiger charge is -2.50. The van der Waals surface area contributed by atoms with E-state index >= 15 is 0 Å². The van der Waals surface area contributed by atoms with E-state index in [9.17, 15) is 10.2 Å². The fourth-order valence-electron chi connectivity index (χ4n) is 4.98. The molecule has 3 fully saturated rings. The fourth-order valence-corrected chi connectivity index (χ4v) is 4.98. The lowest BCUT2D eigenvalue weighted by Crippen LogP contribution is -3.21. The van der Waals surface area contributed by atoms with Gasteiger partial charge in [-0.05, 0) is 33.1 Å². The Morgan fingerprint density at radius 3 is 2.57 bits per heavy atom. The van der Waals surface area contributed by atoms with Gasteiger partial charge in [-0.25, -0.2) is 0 Å². The van der Waals surface area contributed by atoms with Gasteiger partial charge in [0.15, 0.2) is 6.23 Å². The van der Waals surface area contributed by atoms with Crippen molar-refractivity contribution in [3.63, 3.8) is 0 Å². The van der Waals surface area contributed by atoms with Gasteiger partial charge in [0.1, 0.15) is 12.1 Å². The zero-order chi connectivity index (χ0) is 15.4. The van der Waals surface area contributed by atoms with Crippen LogP contribution < -0.4 is 4.90 Å². The van der Waals surface area contributed by atoms with E-state index in [1.807, 2.05) is 13.8 Å². The Labute approximate surface area is 127 Å². The first kappa shape index (κ1) is 15.7. The van der Waals surface area contributed by atoms with Gasteiger partial charge in [-0.2, -0.15) is 0 Å². The van der Waals surface area contributed by atoms with Gasteiger partial charge < -0.3 is 24.6 Å². The van der Waals surface area contributed by atoms with Crippen LogP contribution in [0.2, 0.25) is 0 Å². The first-order valence-corrected chi connectivity index (χ1v) is 8.26. The lowest BCUT2D eigenvalue weighted by atomic mass is 9.70. The molecule has 5 heteroatoms. The summed E-state index contributed by atoms with van der Waals surface area (Å²) < 4.78 is 12.0. The predicted octanol–water partition coefficient (Wildman–Crippen LogP) is -0.439. The van der Waals surface area contributed by atoms with E-state index in [4.69, 9.17) is 9.47 Å². The number of rotatable bonds is 2. The van der Waals surface area contributed by atoms with E-state index in [1.54, 1.807) is 7.11 Å². The van der Waals surface area contributed by atoms with Crippen LogP contribution >= 0.6 is 0 Å². The Morgan fingerprint density at radius 1 is 1.24 bits per heavy atom. The van der Waals surface area contributed by atoms with Crippen LogP contribution in [0, 0.1) is 11.8 Å². The summed E-state index contributed by atoms with van der Waals surface area (Å²) in [6.45, 7) is 3.63. The number of piperidine rings is 1. The van der Waals surface area contributed by atoms with Crippen LogP contribution in [0.3, 0.4) is 0 Å². The number of nitrogens with one attached hydrogen (secondary N) is 1. The summed E-state index contributed by atoms with van der Waals surface area (Å²) in [5.74, 6) is 0.696. The highest BCUT2D eigenvalue weighted by Gasteiger charge is 2.59. The zero-order valence-corrected chi connectivity index (χ0v) is 13.6. The molecule has 5 nitrogen and oxygen atoms in total. The number of aliphatic hydroxyl groups is 2. The molecule has 2 heterocycles. The Hall–Kier alpha value is -0.200. The molecular weight excluding hydrogens is 270 g/mol.